The molecule has 0 spiro atoms. The summed E-state index contributed by atoms with van der Waals surface area (Å²) >= 11 is 0. The van der Waals surface area contributed by atoms with E-state index in [9.17, 15) is 0 Å². The SMILES string of the molecule is [c]1cccc(-c2ccccc2)c1-c1ccccn1. The van der Waals surface area contributed by atoms with E-state index in [0.717, 1.165) is 16.8 Å². The fraction of sp³-hybridized carbons (Fsp3) is 0. The van der Waals surface area contributed by atoms with Crippen LogP contribution in [0.15, 0.2) is 72.9 Å². The number of pyridine rings is 1. The zero-order chi connectivity index (χ0) is 12.2. The van der Waals surface area contributed by atoms with Gasteiger partial charge in [-0.2, -0.15) is 0 Å². The molecule has 18 heavy (non-hydrogen) atoms. The Balaban J connectivity index is 2.18. The lowest BCUT2D eigenvalue weighted by atomic mass is 9.97. The van der Waals surface area contributed by atoms with Gasteiger partial charge in [-0.05, 0) is 29.3 Å². The van der Waals surface area contributed by atoms with Gasteiger partial charge >= 0.3 is 0 Å². The van der Waals surface area contributed by atoms with Gasteiger partial charge in [0.15, 0.2) is 0 Å². The van der Waals surface area contributed by atoms with Crippen LogP contribution in [0.25, 0.3) is 22.4 Å². The normalized spacial score (nSPS) is 10.2. The van der Waals surface area contributed by atoms with E-state index in [4.69, 9.17) is 0 Å². The van der Waals surface area contributed by atoms with Crippen molar-refractivity contribution in [1.82, 2.24) is 4.98 Å². The zero-order valence-electron chi connectivity index (χ0n) is 9.88. The quantitative estimate of drug-likeness (QED) is 0.642. The van der Waals surface area contributed by atoms with Crippen molar-refractivity contribution < 1.29 is 0 Å². The van der Waals surface area contributed by atoms with Gasteiger partial charge in [0.2, 0.25) is 0 Å². The average Bonchev–Trinajstić information content (AvgIpc) is 2.49. The van der Waals surface area contributed by atoms with Crippen LogP contribution in [0.3, 0.4) is 0 Å². The van der Waals surface area contributed by atoms with Crippen LogP contribution < -0.4 is 0 Å². The molecule has 3 rings (SSSR count). The Kier molecular flexibility index (Phi) is 2.89. The van der Waals surface area contributed by atoms with Crippen molar-refractivity contribution in [2.45, 2.75) is 0 Å². The predicted molar refractivity (Wildman–Crippen MR) is 73.9 cm³/mol. The van der Waals surface area contributed by atoms with Crippen LogP contribution >= 0.6 is 0 Å². The minimum absolute atomic E-state index is 0.956. The number of hydrogen-bond acceptors (Lipinski definition) is 1. The maximum atomic E-state index is 4.40. The maximum Gasteiger partial charge on any atom is 0.0714 e. The highest BCUT2D eigenvalue weighted by molar-refractivity contribution is 5.81. The average molecular weight is 230 g/mol. The number of hydrogen-bond donors (Lipinski definition) is 0. The number of rotatable bonds is 2. The van der Waals surface area contributed by atoms with Crippen molar-refractivity contribution in [1.29, 1.82) is 0 Å². The molecule has 0 saturated heterocycles. The summed E-state index contributed by atoms with van der Waals surface area (Å²) in [6.45, 7) is 0. The van der Waals surface area contributed by atoms with E-state index in [1.807, 2.05) is 54.7 Å². The molecule has 0 amide bonds. The van der Waals surface area contributed by atoms with E-state index >= 15 is 0 Å². The van der Waals surface area contributed by atoms with Crippen LogP contribution in [0.1, 0.15) is 0 Å². The van der Waals surface area contributed by atoms with Gasteiger partial charge in [0.25, 0.3) is 0 Å². The van der Waals surface area contributed by atoms with Gasteiger partial charge in [0.05, 0.1) is 5.69 Å². The van der Waals surface area contributed by atoms with Gasteiger partial charge in [-0.25, -0.2) is 0 Å². The Morgan fingerprint density at radius 1 is 0.778 bits per heavy atom. The van der Waals surface area contributed by atoms with Gasteiger partial charge in [0.1, 0.15) is 0 Å². The number of aromatic nitrogens is 1. The van der Waals surface area contributed by atoms with Crippen molar-refractivity contribution in [3.63, 3.8) is 0 Å². The number of nitrogens with zero attached hydrogens (tertiary/aromatic N) is 1. The summed E-state index contributed by atoms with van der Waals surface area (Å²) in [5.74, 6) is 0. The minimum Gasteiger partial charge on any atom is -0.256 e. The summed E-state index contributed by atoms with van der Waals surface area (Å²) < 4.78 is 0. The lowest BCUT2D eigenvalue weighted by Gasteiger charge is -2.08. The molecule has 0 fully saturated rings. The highest BCUT2D eigenvalue weighted by Crippen LogP contribution is 2.29. The molecule has 0 aliphatic heterocycles. The van der Waals surface area contributed by atoms with E-state index in [2.05, 4.69) is 29.2 Å². The lowest BCUT2D eigenvalue weighted by molar-refractivity contribution is 1.32. The third-order valence-corrected chi connectivity index (χ3v) is 2.86. The summed E-state index contributed by atoms with van der Waals surface area (Å²) in [6.07, 6.45) is 1.81. The van der Waals surface area contributed by atoms with Crippen molar-refractivity contribution in [2.75, 3.05) is 0 Å². The molecular weight excluding hydrogens is 218 g/mol. The van der Waals surface area contributed by atoms with Crippen molar-refractivity contribution in [2.24, 2.45) is 0 Å². The van der Waals surface area contributed by atoms with E-state index in [1.54, 1.807) is 0 Å². The first-order valence-corrected chi connectivity index (χ1v) is 5.93. The summed E-state index contributed by atoms with van der Waals surface area (Å²) in [4.78, 5) is 4.40. The fourth-order valence-electron chi connectivity index (χ4n) is 2.02. The highest BCUT2D eigenvalue weighted by atomic mass is 14.7. The second-order valence-corrected chi connectivity index (χ2v) is 4.04. The highest BCUT2D eigenvalue weighted by Gasteiger charge is 2.06. The Morgan fingerprint density at radius 3 is 2.39 bits per heavy atom. The zero-order valence-corrected chi connectivity index (χ0v) is 9.88. The molecular formula is C17H12N. The molecule has 0 aliphatic rings. The van der Waals surface area contributed by atoms with Crippen LogP contribution in [0, 0.1) is 6.07 Å². The second kappa shape index (κ2) is 4.84. The second-order valence-electron chi connectivity index (χ2n) is 4.04. The fourth-order valence-corrected chi connectivity index (χ4v) is 2.02. The van der Waals surface area contributed by atoms with Gasteiger partial charge in [0, 0.05) is 11.8 Å². The molecule has 0 N–H and O–H groups in total. The summed E-state index contributed by atoms with van der Waals surface area (Å²) in [5.41, 5.74) is 4.35. The topological polar surface area (TPSA) is 12.9 Å². The first-order chi connectivity index (χ1) is 8.95. The Bertz CT molecular complexity index is 572. The minimum atomic E-state index is 0.956. The Hall–Kier alpha value is -2.41. The third-order valence-electron chi connectivity index (χ3n) is 2.86. The van der Waals surface area contributed by atoms with E-state index in [-0.39, 0.29) is 0 Å². The molecule has 1 heteroatoms. The van der Waals surface area contributed by atoms with Crippen LogP contribution in [0.2, 0.25) is 0 Å². The molecule has 1 nitrogen and oxygen atoms in total. The molecule has 0 atom stereocenters. The van der Waals surface area contributed by atoms with Gasteiger partial charge in [-0.1, -0.05) is 54.6 Å². The van der Waals surface area contributed by atoms with E-state index in [1.165, 1.54) is 5.56 Å². The first-order valence-electron chi connectivity index (χ1n) is 5.93. The third kappa shape index (κ3) is 2.03. The molecule has 0 bridgehead atoms. The van der Waals surface area contributed by atoms with E-state index in [0.29, 0.717) is 0 Å². The standard InChI is InChI=1S/C17H12N/c1-2-8-14(9-3-1)15-10-4-5-11-16(15)17-12-6-7-13-18-17/h1-10,12-13H. The van der Waals surface area contributed by atoms with Gasteiger partial charge in [-0.3, -0.25) is 4.98 Å². The van der Waals surface area contributed by atoms with Crippen LogP contribution in [0.5, 0.6) is 0 Å². The molecule has 1 heterocycles. The largest absolute Gasteiger partial charge is 0.256 e. The summed E-state index contributed by atoms with van der Waals surface area (Å²) in [5, 5.41) is 0. The first kappa shape index (κ1) is 10.7. The molecule has 0 aliphatic carbocycles. The van der Waals surface area contributed by atoms with Crippen molar-refractivity contribution >= 4 is 0 Å². The molecule has 2 aromatic carbocycles. The molecule has 0 unspecified atom stereocenters. The van der Waals surface area contributed by atoms with Gasteiger partial charge in [-0.15, -0.1) is 0 Å². The van der Waals surface area contributed by atoms with Crippen LogP contribution in [0.4, 0.5) is 0 Å². The van der Waals surface area contributed by atoms with Gasteiger partial charge < -0.3 is 0 Å². The summed E-state index contributed by atoms with van der Waals surface area (Å²) in [6, 6.07) is 25.6. The maximum absolute atomic E-state index is 4.40. The molecule has 0 saturated carbocycles. The lowest BCUT2D eigenvalue weighted by Crippen LogP contribution is -1.87. The van der Waals surface area contributed by atoms with E-state index < -0.39 is 0 Å². The molecule has 85 valence electrons. The monoisotopic (exact) mass is 230 g/mol. The molecule has 1 radical (unpaired) electrons. The molecule has 1 aromatic heterocycles. The molecule has 3 aromatic rings. The van der Waals surface area contributed by atoms with Crippen molar-refractivity contribution in [3.05, 3.63) is 79.0 Å². The van der Waals surface area contributed by atoms with Crippen LogP contribution in [-0.2, 0) is 0 Å². The van der Waals surface area contributed by atoms with Crippen molar-refractivity contribution in [3.8, 4) is 22.4 Å². The summed E-state index contributed by atoms with van der Waals surface area (Å²) in [7, 11) is 0. The number of benzene rings is 2. The predicted octanol–water partition coefficient (Wildman–Crippen LogP) is 4.22. The Morgan fingerprint density at radius 2 is 1.61 bits per heavy atom. The van der Waals surface area contributed by atoms with Crippen LogP contribution in [-0.4, -0.2) is 4.98 Å². The Labute approximate surface area is 107 Å². The smallest absolute Gasteiger partial charge is 0.0714 e.